The topological polar surface area (TPSA) is 40.6 Å². The van der Waals surface area contributed by atoms with Crippen LogP contribution >= 0.6 is 0 Å². The molecule has 1 aromatic carbocycles. The summed E-state index contributed by atoms with van der Waals surface area (Å²) >= 11 is 0. The van der Waals surface area contributed by atoms with Gasteiger partial charge in [0.15, 0.2) is 0 Å². The van der Waals surface area contributed by atoms with E-state index in [1.165, 1.54) is 25.7 Å². The van der Waals surface area contributed by atoms with E-state index in [2.05, 4.69) is 0 Å². The summed E-state index contributed by atoms with van der Waals surface area (Å²) in [7, 11) is 0. The van der Waals surface area contributed by atoms with Gasteiger partial charge in [-0.05, 0) is 43.2 Å². The van der Waals surface area contributed by atoms with Gasteiger partial charge in [0.05, 0.1) is 11.3 Å². The number of para-hydroxylation sites is 1. The molecule has 24 heavy (non-hydrogen) atoms. The number of hydrogen-bond acceptors (Lipinski definition) is 2. The number of piperidine rings is 1. The largest absolute Gasteiger partial charge is 0.338 e. The fourth-order valence-corrected chi connectivity index (χ4v) is 4.75. The second kappa shape index (κ2) is 6.58. The van der Waals surface area contributed by atoms with E-state index in [1.807, 2.05) is 29.2 Å². The van der Waals surface area contributed by atoms with Gasteiger partial charge in [-0.1, -0.05) is 31.4 Å². The highest BCUT2D eigenvalue weighted by Crippen LogP contribution is 2.37. The Labute approximate surface area is 143 Å². The van der Waals surface area contributed by atoms with Crippen molar-refractivity contribution in [2.75, 3.05) is 24.5 Å². The van der Waals surface area contributed by atoms with Crippen molar-refractivity contribution in [1.82, 2.24) is 4.90 Å². The maximum atomic E-state index is 13.1. The van der Waals surface area contributed by atoms with Gasteiger partial charge >= 0.3 is 0 Å². The van der Waals surface area contributed by atoms with Crippen molar-refractivity contribution in [3.8, 4) is 0 Å². The Balaban J connectivity index is 1.55. The predicted octanol–water partition coefficient (Wildman–Crippen LogP) is 3.47. The quantitative estimate of drug-likeness (QED) is 0.835. The molecule has 0 radical (unpaired) electrons. The Morgan fingerprint density at radius 2 is 1.75 bits per heavy atom. The summed E-state index contributed by atoms with van der Waals surface area (Å²) in [6.07, 6.45) is 7.88. The van der Waals surface area contributed by atoms with Crippen molar-refractivity contribution < 1.29 is 9.59 Å². The van der Waals surface area contributed by atoms with Gasteiger partial charge in [0, 0.05) is 26.1 Å². The summed E-state index contributed by atoms with van der Waals surface area (Å²) in [4.78, 5) is 29.1. The number of carbonyl (C=O) groups is 2. The second-order valence-corrected chi connectivity index (χ2v) is 7.51. The number of benzene rings is 1. The fraction of sp³-hybridized carbons (Fsp3) is 0.600. The maximum Gasteiger partial charge on any atom is 0.255 e. The Morgan fingerprint density at radius 3 is 2.54 bits per heavy atom. The number of amides is 2. The molecule has 2 amide bonds. The summed E-state index contributed by atoms with van der Waals surface area (Å²) in [6, 6.07) is 7.63. The van der Waals surface area contributed by atoms with Gasteiger partial charge in [-0.3, -0.25) is 9.59 Å². The molecule has 0 bridgehead atoms. The molecule has 2 aliphatic heterocycles. The molecular weight excluding hydrogens is 300 g/mol. The van der Waals surface area contributed by atoms with Crippen LogP contribution in [0.2, 0.25) is 0 Å². The SMILES string of the molecule is O=C(c1ccccc1N1CCCC1=O)N1CC[C@@H]2CCCC[C@H]2C1. The monoisotopic (exact) mass is 326 g/mol. The van der Waals surface area contributed by atoms with Gasteiger partial charge in [-0.2, -0.15) is 0 Å². The van der Waals surface area contributed by atoms with Crippen LogP contribution in [0, 0.1) is 11.8 Å². The number of anilines is 1. The molecule has 3 fully saturated rings. The normalized spacial score (nSPS) is 27.2. The first kappa shape index (κ1) is 15.7. The zero-order valence-electron chi connectivity index (χ0n) is 14.2. The van der Waals surface area contributed by atoms with Gasteiger partial charge in [0.2, 0.25) is 5.91 Å². The summed E-state index contributed by atoms with van der Waals surface area (Å²) < 4.78 is 0. The molecule has 0 spiro atoms. The molecule has 0 unspecified atom stereocenters. The van der Waals surface area contributed by atoms with Gasteiger partial charge in [0.25, 0.3) is 5.91 Å². The van der Waals surface area contributed by atoms with E-state index in [0.717, 1.165) is 44.1 Å². The van der Waals surface area contributed by atoms with E-state index in [-0.39, 0.29) is 11.8 Å². The van der Waals surface area contributed by atoms with Crippen LogP contribution in [0.25, 0.3) is 0 Å². The van der Waals surface area contributed by atoms with Crippen LogP contribution in [0.15, 0.2) is 24.3 Å². The molecule has 4 rings (SSSR count). The van der Waals surface area contributed by atoms with Crippen LogP contribution in [0.5, 0.6) is 0 Å². The number of likely N-dealkylation sites (tertiary alicyclic amines) is 1. The summed E-state index contributed by atoms with van der Waals surface area (Å²) in [5.41, 5.74) is 1.50. The highest BCUT2D eigenvalue weighted by Gasteiger charge is 2.34. The molecule has 0 aromatic heterocycles. The predicted molar refractivity (Wildman–Crippen MR) is 94.0 cm³/mol. The highest BCUT2D eigenvalue weighted by atomic mass is 16.2. The zero-order valence-corrected chi connectivity index (χ0v) is 14.2. The molecule has 0 N–H and O–H groups in total. The summed E-state index contributed by atoms with van der Waals surface area (Å²) in [5.74, 6) is 1.74. The molecule has 1 aromatic rings. The van der Waals surface area contributed by atoms with Crippen molar-refractivity contribution in [3.63, 3.8) is 0 Å². The molecule has 4 nitrogen and oxygen atoms in total. The third-order valence-electron chi connectivity index (χ3n) is 6.08. The Morgan fingerprint density at radius 1 is 0.958 bits per heavy atom. The minimum atomic E-state index is 0.106. The van der Waals surface area contributed by atoms with E-state index >= 15 is 0 Å². The number of carbonyl (C=O) groups excluding carboxylic acids is 2. The van der Waals surface area contributed by atoms with Gasteiger partial charge in [-0.25, -0.2) is 0 Å². The smallest absolute Gasteiger partial charge is 0.255 e. The average molecular weight is 326 g/mol. The molecule has 128 valence electrons. The first-order valence-corrected chi connectivity index (χ1v) is 9.42. The van der Waals surface area contributed by atoms with Crippen molar-refractivity contribution in [2.45, 2.75) is 44.9 Å². The number of rotatable bonds is 2. The molecule has 2 heterocycles. The van der Waals surface area contributed by atoms with E-state index in [4.69, 9.17) is 0 Å². The number of fused-ring (bicyclic) bond motifs is 1. The van der Waals surface area contributed by atoms with Crippen LogP contribution in [0.4, 0.5) is 5.69 Å². The van der Waals surface area contributed by atoms with E-state index in [1.54, 1.807) is 4.90 Å². The van der Waals surface area contributed by atoms with Gasteiger partial charge < -0.3 is 9.80 Å². The molecule has 2 saturated heterocycles. The zero-order chi connectivity index (χ0) is 16.5. The Hall–Kier alpha value is -1.84. The van der Waals surface area contributed by atoms with Crippen molar-refractivity contribution in [2.24, 2.45) is 11.8 Å². The minimum Gasteiger partial charge on any atom is -0.338 e. The molecule has 4 heteroatoms. The first-order valence-electron chi connectivity index (χ1n) is 9.42. The van der Waals surface area contributed by atoms with E-state index in [0.29, 0.717) is 17.9 Å². The van der Waals surface area contributed by atoms with Crippen molar-refractivity contribution >= 4 is 17.5 Å². The van der Waals surface area contributed by atoms with Crippen LogP contribution in [-0.4, -0.2) is 36.3 Å². The van der Waals surface area contributed by atoms with Crippen molar-refractivity contribution in [3.05, 3.63) is 29.8 Å². The standard InChI is InChI=1S/C20H26N2O2/c23-19-10-5-12-22(19)18-9-4-3-8-17(18)20(24)21-13-11-15-6-1-2-7-16(15)14-21/h3-4,8-9,15-16H,1-2,5-7,10-14H2/t15-,16-/m0/s1. The molecule has 3 aliphatic rings. The van der Waals surface area contributed by atoms with Crippen LogP contribution in [-0.2, 0) is 4.79 Å². The lowest BCUT2D eigenvalue weighted by molar-refractivity contribution is -0.117. The Bertz CT molecular complexity index is 642. The lowest BCUT2D eigenvalue weighted by Crippen LogP contribution is -2.45. The number of hydrogen-bond donors (Lipinski definition) is 0. The first-order chi connectivity index (χ1) is 11.7. The minimum absolute atomic E-state index is 0.106. The summed E-state index contributed by atoms with van der Waals surface area (Å²) in [6.45, 7) is 2.49. The molecular formula is C20H26N2O2. The van der Waals surface area contributed by atoms with Gasteiger partial charge in [-0.15, -0.1) is 0 Å². The third kappa shape index (κ3) is 2.83. The summed E-state index contributed by atoms with van der Waals surface area (Å²) in [5, 5.41) is 0. The average Bonchev–Trinajstić information content (AvgIpc) is 3.06. The third-order valence-corrected chi connectivity index (χ3v) is 6.08. The lowest BCUT2D eigenvalue weighted by atomic mass is 9.75. The van der Waals surface area contributed by atoms with E-state index < -0.39 is 0 Å². The number of nitrogens with zero attached hydrogens (tertiary/aromatic N) is 2. The Kier molecular flexibility index (Phi) is 4.30. The maximum absolute atomic E-state index is 13.1. The van der Waals surface area contributed by atoms with Crippen molar-refractivity contribution in [1.29, 1.82) is 0 Å². The highest BCUT2D eigenvalue weighted by molar-refractivity contribution is 6.05. The molecule has 1 saturated carbocycles. The lowest BCUT2D eigenvalue weighted by Gasteiger charge is -2.41. The van der Waals surface area contributed by atoms with Crippen LogP contribution < -0.4 is 4.90 Å². The second-order valence-electron chi connectivity index (χ2n) is 7.51. The fourth-order valence-electron chi connectivity index (χ4n) is 4.75. The van der Waals surface area contributed by atoms with E-state index in [9.17, 15) is 9.59 Å². The van der Waals surface area contributed by atoms with Crippen LogP contribution in [0.3, 0.4) is 0 Å². The molecule has 2 atom stereocenters. The van der Waals surface area contributed by atoms with Crippen LogP contribution in [0.1, 0.15) is 55.3 Å². The molecule has 1 aliphatic carbocycles. The van der Waals surface area contributed by atoms with Gasteiger partial charge in [0.1, 0.15) is 0 Å².